The van der Waals surface area contributed by atoms with E-state index in [0.717, 1.165) is 5.69 Å². The van der Waals surface area contributed by atoms with Crippen molar-refractivity contribution in [3.05, 3.63) is 70.2 Å². The van der Waals surface area contributed by atoms with Crippen molar-refractivity contribution < 1.29 is 4.79 Å². The molecule has 2 heterocycles. The van der Waals surface area contributed by atoms with Crippen molar-refractivity contribution in [2.45, 2.75) is 6.54 Å². The average Bonchev–Trinajstić information content (AvgIpc) is 3.05. The highest BCUT2D eigenvalue weighted by Gasteiger charge is 2.09. The maximum atomic E-state index is 12.1. The summed E-state index contributed by atoms with van der Waals surface area (Å²) in [6, 6.07) is 8.38. The van der Waals surface area contributed by atoms with E-state index >= 15 is 0 Å². The first-order chi connectivity index (χ1) is 11.1. The second-order valence-electron chi connectivity index (χ2n) is 4.68. The van der Waals surface area contributed by atoms with Crippen molar-refractivity contribution in [2.24, 2.45) is 0 Å². The number of carbonyl (C=O) groups is 1. The number of pyridine rings is 1. The Hall–Kier alpha value is -2.44. The summed E-state index contributed by atoms with van der Waals surface area (Å²) in [6.45, 7) is 0.249. The predicted molar refractivity (Wildman–Crippen MR) is 86.8 cm³/mol. The Morgan fingerprint density at radius 1 is 1.22 bits per heavy atom. The van der Waals surface area contributed by atoms with Gasteiger partial charge in [-0.15, -0.1) is 5.10 Å². The van der Waals surface area contributed by atoms with Crippen molar-refractivity contribution in [3.8, 4) is 5.69 Å². The number of benzene rings is 1. The monoisotopic (exact) mass is 347 g/mol. The maximum Gasteiger partial charge on any atom is 0.251 e. The molecule has 0 aliphatic heterocycles. The Labute approximate surface area is 142 Å². The summed E-state index contributed by atoms with van der Waals surface area (Å²) in [7, 11) is 0. The van der Waals surface area contributed by atoms with Crippen LogP contribution in [0.3, 0.4) is 0 Å². The molecule has 8 heteroatoms. The van der Waals surface area contributed by atoms with Gasteiger partial charge in [0.25, 0.3) is 5.91 Å². The first kappa shape index (κ1) is 15.5. The minimum atomic E-state index is -0.264. The Kier molecular flexibility index (Phi) is 4.55. The lowest BCUT2D eigenvalue weighted by molar-refractivity contribution is 0.0950. The van der Waals surface area contributed by atoms with Crippen LogP contribution in [-0.2, 0) is 6.54 Å². The van der Waals surface area contributed by atoms with E-state index in [9.17, 15) is 4.79 Å². The highest BCUT2D eigenvalue weighted by atomic mass is 35.5. The zero-order valence-electron chi connectivity index (χ0n) is 11.8. The first-order valence-corrected chi connectivity index (χ1v) is 7.44. The molecule has 3 rings (SSSR count). The number of amides is 1. The summed E-state index contributed by atoms with van der Waals surface area (Å²) in [5.74, 6) is -0.264. The van der Waals surface area contributed by atoms with E-state index in [1.165, 1.54) is 6.07 Å². The Bertz CT molecular complexity index is 835. The average molecular weight is 348 g/mol. The lowest BCUT2D eigenvalue weighted by atomic mass is 10.2. The van der Waals surface area contributed by atoms with E-state index in [0.29, 0.717) is 21.3 Å². The Morgan fingerprint density at radius 2 is 2.09 bits per heavy atom. The van der Waals surface area contributed by atoms with Gasteiger partial charge in [0, 0.05) is 11.8 Å². The molecule has 0 aliphatic carbocycles. The van der Waals surface area contributed by atoms with Crippen LogP contribution in [0.2, 0.25) is 10.0 Å². The second kappa shape index (κ2) is 6.76. The minimum absolute atomic E-state index is 0.249. The summed E-state index contributed by atoms with van der Waals surface area (Å²) < 4.78 is 1.59. The van der Waals surface area contributed by atoms with Crippen molar-refractivity contribution >= 4 is 29.1 Å². The van der Waals surface area contributed by atoms with Crippen LogP contribution in [0.25, 0.3) is 5.69 Å². The van der Waals surface area contributed by atoms with E-state index in [1.807, 2.05) is 12.1 Å². The van der Waals surface area contributed by atoms with Gasteiger partial charge < -0.3 is 5.32 Å². The van der Waals surface area contributed by atoms with E-state index < -0.39 is 0 Å². The van der Waals surface area contributed by atoms with Crippen LogP contribution in [-0.4, -0.2) is 25.9 Å². The molecule has 0 saturated carbocycles. The summed E-state index contributed by atoms with van der Waals surface area (Å²) in [5, 5.41) is 11.5. The van der Waals surface area contributed by atoms with Crippen LogP contribution in [0.5, 0.6) is 0 Å². The Morgan fingerprint density at radius 3 is 2.83 bits per heavy atom. The number of halogens is 2. The number of aromatic nitrogens is 4. The van der Waals surface area contributed by atoms with Gasteiger partial charge in [0.1, 0.15) is 5.69 Å². The standard InChI is InChI=1S/C15H11Cl2N5O/c16-13-4-3-10(6-14(13)17)15(23)19-7-11-9-22(21-20-11)12-2-1-5-18-8-12/h1-6,8-9H,7H2,(H,19,23). The van der Waals surface area contributed by atoms with Crippen molar-refractivity contribution in [2.75, 3.05) is 0 Å². The molecule has 1 N–H and O–H groups in total. The molecule has 0 radical (unpaired) electrons. The molecular weight excluding hydrogens is 337 g/mol. The zero-order chi connectivity index (χ0) is 16.2. The summed E-state index contributed by atoms with van der Waals surface area (Å²) in [6.07, 6.45) is 5.08. The third kappa shape index (κ3) is 3.67. The highest BCUT2D eigenvalue weighted by Crippen LogP contribution is 2.22. The summed E-state index contributed by atoms with van der Waals surface area (Å²) in [4.78, 5) is 16.1. The van der Waals surface area contributed by atoms with Crippen molar-refractivity contribution in [3.63, 3.8) is 0 Å². The molecule has 0 aliphatic rings. The van der Waals surface area contributed by atoms with Gasteiger partial charge in [0.2, 0.25) is 0 Å². The van der Waals surface area contributed by atoms with Gasteiger partial charge in [-0.2, -0.15) is 0 Å². The first-order valence-electron chi connectivity index (χ1n) is 6.68. The fraction of sp³-hybridized carbons (Fsp3) is 0.0667. The van der Waals surface area contributed by atoms with Crippen LogP contribution >= 0.6 is 23.2 Å². The molecule has 0 spiro atoms. The predicted octanol–water partition coefficient (Wildman–Crippen LogP) is 2.90. The van der Waals surface area contributed by atoms with Crippen LogP contribution in [0.4, 0.5) is 0 Å². The summed E-state index contributed by atoms with van der Waals surface area (Å²) in [5.41, 5.74) is 1.85. The molecule has 23 heavy (non-hydrogen) atoms. The molecule has 1 aromatic carbocycles. The molecule has 0 saturated heterocycles. The fourth-order valence-electron chi connectivity index (χ4n) is 1.91. The molecule has 1 amide bonds. The maximum absolute atomic E-state index is 12.1. The number of rotatable bonds is 4. The van der Waals surface area contributed by atoms with Crippen LogP contribution in [0, 0.1) is 0 Å². The fourth-order valence-corrected chi connectivity index (χ4v) is 2.20. The quantitative estimate of drug-likeness (QED) is 0.787. The van der Waals surface area contributed by atoms with Gasteiger partial charge in [0.05, 0.1) is 34.7 Å². The second-order valence-corrected chi connectivity index (χ2v) is 5.49. The van der Waals surface area contributed by atoms with Gasteiger partial charge >= 0.3 is 0 Å². The number of hydrogen-bond donors (Lipinski definition) is 1. The smallest absolute Gasteiger partial charge is 0.251 e. The number of nitrogens with one attached hydrogen (secondary N) is 1. The molecule has 0 unspecified atom stereocenters. The largest absolute Gasteiger partial charge is 0.346 e. The Balaban J connectivity index is 1.65. The number of nitrogens with zero attached hydrogens (tertiary/aromatic N) is 4. The van der Waals surface area contributed by atoms with Crippen LogP contribution in [0.1, 0.15) is 16.1 Å². The molecular formula is C15H11Cl2N5O. The molecule has 116 valence electrons. The molecule has 2 aromatic heterocycles. The lowest BCUT2D eigenvalue weighted by Gasteiger charge is -2.04. The lowest BCUT2D eigenvalue weighted by Crippen LogP contribution is -2.22. The van der Waals surface area contributed by atoms with Crippen LogP contribution < -0.4 is 5.32 Å². The van der Waals surface area contributed by atoms with E-state index in [-0.39, 0.29) is 12.5 Å². The SMILES string of the molecule is O=C(NCc1cn(-c2cccnc2)nn1)c1ccc(Cl)c(Cl)c1. The summed E-state index contributed by atoms with van der Waals surface area (Å²) >= 11 is 11.7. The molecule has 0 bridgehead atoms. The zero-order valence-corrected chi connectivity index (χ0v) is 13.3. The van der Waals surface area contributed by atoms with Gasteiger partial charge in [-0.25, -0.2) is 4.68 Å². The highest BCUT2D eigenvalue weighted by molar-refractivity contribution is 6.42. The minimum Gasteiger partial charge on any atom is -0.346 e. The van der Waals surface area contributed by atoms with Crippen LogP contribution in [0.15, 0.2) is 48.9 Å². The van der Waals surface area contributed by atoms with E-state index in [2.05, 4.69) is 20.6 Å². The van der Waals surface area contributed by atoms with Crippen molar-refractivity contribution in [1.29, 1.82) is 0 Å². The third-order valence-electron chi connectivity index (χ3n) is 3.06. The number of carbonyl (C=O) groups excluding carboxylic acids is 1. The topological polar surface area (TPSA) is 72.7 Å². The normalized spacial score (nSPS) is 10.5. The molecule has 3 aromatic rings. The van der Waals surface area contributed by atoms with Gasteiger partial charge in [-0.1, -0.05) is 28.4 Å². The van der Waals surface area contributed by atoms with Gasteiger partial charge in [-0.3, -0.25) is 9.78 Å². The molecule has 6 nitrogen and oxygen atoms in total. The molecule has 0 atom stereocenters. The van der Waals surface area contributed by atoms with E-state index in [1.54, 1.807) is 35.4 Å². The van der Waals surface area contributed by atoms with E-state index in [4.69, 9.17) is 23.2 Å². The molecule has 0 fully saturated rings. The van der Waals surface area contributed by atoms with Crippen molar-refractivity contribution in [1.82, 2.24) is 25.3 Å². The van der Waals surface area contributed by atoms with Gasteiger partial charge in [0.15, 0.2) is 0 Å². The third-order valence-corrected chi connectivity index (χ3v) is 3.80. The number of hydrogen-bond acceptors (Lipinski definition) is 4. The van der Waals surface area contributed by atoms with Gasteiger partial charge in [-0.05, 0) is 30.3 Å².